The minimum atomic E-state index is -1.67. The van der Waals surface area contributed by atoms with Crippen molar-refractivity contribution in [3.8, 4) is 0 Å². The van der Waals surface area contributed by atoms with E-state index in [0.717, 1.165) is 39.0 Å². The molecule has 19 nitrogen and oxygen atoms in total. The third kappa shape index (κ3) is 37.5. The molecule has 6 N–H and O–H groups in total. The zero-order valence-electron chi connectivity index (χ0n) is 72.1. The molecule has 0 bridgehead atoms. The van der Waals surface area contributed by atoms with E-state index in [4.69, 9.17) is 37.4 Å². The molecule has 0 aromatic heterocycles. The van der Waals surface area contributed by atoms with Crippen molar-refractivity contribution < 1.29 is 62.3 Å². The number of halogens is 6. The van der Waals surface area contributed by atoms with Crippen molar-refractivity contribution in [1.29, 1.82) is 0 Å². The van der Waals surface area contributed by atoms with Gasteiger partial charge in [-0.3, -0.25) is 43.5 Å². The predicted octanol–water partition coefficient (Wildman–Crippen LogP) is 18.0. The van der Waals surface area contributed by atoms with Crippen LogP contribution in [0.15, 0.2) is 0 Å². The molecule has 6 fully saturated rings. The van der Waals surface area contributed by atoms with Crippen molar-refractivity contribution in [2.24, 2.45) is 38.2 Å². The number of hydrogen-bond donors (Lipinski definition) is 5. The molecule has 6 aliphatic rings. The molecule has 0 saturated carbocycles. The molecule has 0 atom stereocenters. The van der Waals surface area contributed by atoms with Gasteiger partial charge in [-0.1, -0.05) is 90.5 Å². The Balaban J connectivity index is -0.000000566. The number of imide groups is 1. The summed E-state index contributed by atoms with van der Waals surface area (Å²) in [5, 5.41) is 39.7. The summed E-state index contributed by atoms with van der Waals surface area (Å²) in [4.78, 5) is 79.2. The number of alkyl halides is 2. The average Bonchev–Trinajstić information content (AvgIpc) is 0.778. The van der Waals surface area contributed by atoms with Gasteiger partial charge in [-0.05, 0) is 263 Å². The highest BCUT2D eigenvalue weighted by Crippen LogP contribution is 2.44. The summed E-state index contributed by atoms with van der Waals surface area (Å²) in [7, 11) is 14.7. The molecule has 0 radical (unpaired) electrons. The van der Waals surface area contributed by atoms with E-state index in [9.17, 15) is 49.2 Å². The third-order valence-corrected chi connectivity index (χ3v) is 24.7. The van der Waals surface area contributed by atoms with Gasteiger partial charge in [0.15, 0.2) is 0 Å². The van der Waals surface area contributed by atoms with Gasteiger partial charge in [-0.2, -0.15) is 0 Å². The van der Waals surface area contributed by atoms with E-state index in [0.29, 0.717) is 49.4 Å². The number of nitrogens with two attached hydrogens (primary N) is 1. The Morgan fingerprint density at radius 2 is 0.557 bits per heavy atom. The Morgan fingerprint density at radius 1 is 0.340 bits per heavy atom. The number of likely N-dealkylation sites (tertiary alicyclic amines) is 5. The van der Waals surface area contributed by atoms with Crippen molar-refractivity contribution in [3.05, 3.63) is 0 Å². The number of aliphatic hydroxyl groups is 4. The van der Waals surface area contributed by atoms with E-state index in [1.165, 1.54) is 43.7 Å². The fraction of sp³-hybridized carbons (Fsp3) is 0.924. The highest BCUT2D eigenvalue weighted by Gasteiger charge is 2.52. The summed E-state index contributed by atoms with van der Waals surface area (Å²) < 4.78 is 22.5. The predicted molar refractivity (Wildman–Crippen MR) is 448 cm³/mol. The maximum absolute atomic E-state index is 12.2. The van der Waals surface area contributed by atoms with Crippen LogP contribution in [0.25, 0.3) is 0 Å². The van der Waals surface area contributed by atoms with Crippen LogP contribution in [-0.4, -0.2) is 194 Å². The number of piperidine rings is 5. The molecule has 0 aliphatic carbocycles. The molecule has 6 aliphatic heterocycles. The first-order valence-corrected chi connectivity index (χ1v) is 43.3. The van der Waals surface area contributed by atoms with E-state index in [-0.39, 0.29) is 74.2 Å². The molecular weight excluding hydrogens is 1520 g/mol. The smallest absolute Gasteiger partial charge is 0.313 e. The number of carbonyl (C=O) groups excluding carboxylic acids is 6. The molecule has 6 heterocycles. The molecule has 106 heavy (non-hydrogen) atoms. The Labute approximate surface area is 678 Å². The molecule has 6 saturated heterocycles. The van der Waals surface area contributed by atoms with Gasteiger partial charge in [0.2, 0.25) is 42.1 Å². The number of amides is 4. The molecule has 632 valence electrons. The summed E-state index contributed by atoms with van der Waals surface area (Å²) in [6.07, 6.45) is 9.66. The van der Waals surface area contributed by atoms with Crippen molar-refractivity contribution >= 4 is 120 Å². The van der Waals surface area contributed by atoms with E-state index >= 15 is 0 Å². The summed E-state index contributed by atoms with van der Waals surface area (Å²) in [5.74, 6) is -0.808. The van der Waals surface area contributed by atoms with Gasteiger partial charge in [0.1, 0.15) is 0 Å². The lowest BCUT2D eigenvalue weighted by molar-refractivity contribution is -0.171. The minimum Gasteiger partial charge on any atom is -0.393 e. The summed E-state index contributed by atoms with van der Waals surface area (Å²) in [6, 6.07) is 0. The molecule has 27 heteroatoms. The SMILES string of the molecule is C.CC(C)(N)C(C)(C)O.CC1(C)CC(=O)N(C(C)(C)C(C)(C)O)C(=O)C1.CC1(C)CC(=O)OC(=O)C1.CC1(C)CCN(C(C)(C)C(C)(C)Cl)C(=O)C1.CC1(C)CCN(C(C)(C)C(C)(C)Cl)CC1.CC1(C)CCN(C(C)(C)C(C)(C)O)C(=O)C1.CC1(C)CCN(C(C)(C)C(C)(C)O)CC1.O=S(Cl)Cl.O=S(Cl)Cl. The maximum Gasteiger partial charge on any atom is 0.313 e. The fourth-order valence-electron chi connectivity index (χ4n) is 11.3. The number of ether oxygens (including phenoxy) is 1. The van der Waals surface area contributed by atoms with Gasteiger partial charge < -0.3 is 40.7 Å². The number of carbonyl (C=O) groups is 6. The van der Waals surface area contributed by atoms with Crippen LogP contribution >= 0.6 is 65.9 Å². The molecule has 0 aromatic rings. The van der Waals surface area contributed by atoms with E-state index in [2.05, 4.69) is 168 Å². The van der Waals surface area contributed by atoms with Crippen molar-refractivity contribution in [2.75, 3.05) is 39.3 Å². The monoisotopic (exact) mass is 1670 g/mol. The second-order valence-corrected chi connectivity index (χ2v) is 47.6. The Bertz CT molecular complexity index is 2670. The molecule has 0 spiro atoms. The van der Waals surface area contributed by atoms with Gasteiger partial charge >= 0.3 is 11.9 Å². The van der Waals surface area contributed by atoms with E-state index in [1.54, 1.807) is 69.2 Å². The van der Waals surface area contributed by atoms with Crippen molar-refractivity contribution in [2.45, 2.75) is 399 Å². The second-order valence-electron chi connectivity index (χ2n) is 40.6. The highest BCUT2D eigenvalue weighted by atomic mass is 36.0. The quantitative estimate of drug-likeness (QED) is 0.0423. The first-order valence-electron chi connectivity index (χ1n) is 36.9. The summed E-state index contributed by atoms with van der Waals surface area (Å²) >= 11 is 12.9. The topological polar surface area (TPSA) is 269 Å². The van der Waals surface area contributed by atoms with E-state index in [1.807, 2.05) is 79.0 Å². The third-order valence-electron chi connectivity index (χ3n) is 23.8. The lowest BCUT2D eigenvalue weighted by atomic mass is 9.77. The van der Waals surface area contributed by atoms with Crippen molar-refractivity contribution in [3.63, 3.8) is 0 Å². The standard InChI is InChI=1S/C13H24ClNO.C13H26ClN.C13H23NO3.C13H25NO2.C13H27NO.C7H10O3.C6H15NO.CH4.2Cl2OS/c1-11(2)7-8-15(10(16)9-11)13(5,6)12(3,4)14;1-11(2)7-9-15(10-8-11)13(5,6)12(3,4)14;1-11(2)7-9(15)14(10(16)8-11)12(3,4)13(5,6)17;1-11(2)7-8-14(10(15)9-11)12(3,4)13(5,6)16;1-11(2)7-9-14(10-8-11)12(3,4)13(5,6)15;1-7(2)3-5(8)10-6(9)4-7;1-5(2,7)6(3,4)8;;2*1-4(2)3/h7-9H2,1-6H3;7-10H2,1-6H3;17H,7-8H2,1-6H3;16H,7-9H2,1-6H3;15H,7-10H2,1-6H3;3-4H2,1-2H3;8H,7H2,1-4H3;1H4;;. The number of rotatable bonds is 11. The minimum absolute atomic E-state index is 0. The Hall–Kier alpha value is -1.02. The molecule has 0 aromatic carbocycles. The van der Waals surface area contributed by atoms with Gasteiger partial charge in [-0.25, -0.2) is 8.42 Å². The number of nitrogens with zero attached hydrogens (tertiary/aromatic N) is 5. The summed E-state index contributed by atoms with van der Waals surface area (Å²) in [5.41, 5.74) is 0.603. The molecule has 4 amide bonds. The fourth-order valence-corrected chi connectivity index (χ4v) is 11.5. The van der Waals surface area contributed by atoms with Gasteiger partial charge in [0, 0.05) is 98.1 Å². The summed E-state index contributed by atoms with van der Waals surface area (Å²) in [6.45, 7) is 77.7. The van der Waals surface area contributed by atoms with Gasteiger partial charge in [-0.15, -0.1) is 23.2 Å². The van der Waals surface area contributed by atoms with Crippen LogP contribution in [0.1, 0.15) is 334 Å². The highest BCUT2D eigenvalue weighted by molar-refractivity contribution is 8.27. The normalized spacial score (nSPS) is 21.2. The van der Waals surface area contributed by atoms with Crippen LogP contribution in [0.5, 0.6) is 0 Å². The maximum atomic E-state index is 12.2. The van der Waals surface area contributed by atoms with Gasteiger partial charge in [0.05, 0.1) is 61.6 Å². The zero-order chi connectivity index (χ0) is 84.9. The van der Waals surface area contributed by atoms with Gasteiger partial charge in [0.25, 0.3) is 0 Å². The van der Waals surface area contributed by atoms with Crippen LogP contribution in [0.2, 0.25) is 0 Å². The lowest BCUT2D eigenvalue weighted by Crippen LogP contribution is -2.64. The Morgan fingerprint density at radius 3 is 0.774 bits per heavy atom. The lowest BCUT2D eigenvalue weighted by Gasteiger charge is -2.50. The number of esters is 2. The number of cyclic esters (lactones) is 2. The van der Waals surface area contributed by atoms with Crippen LogP contribution in [0.4, 0.5) is 0 Å². The molecular formula is C79H154Cl6N6O13S2. The van der Waals surface area contributed by atoms with Crippen LogP contribution in [0.3, 0.4) is 0 Å². The van der Waals surface area contributed by atoms with Crippen LogP contribution in [0, 0.1) is 32.5 Å². The second kappa shape index (κ2) is 40.5. The first kappa shape index (κ1) is 111. The Kier molecular flexibility index (Phi) is 42.5. The molecule has 6 rings (SSSR count). The van der Waals surface area contributed by atoms with Crippen LogP contribution < -0.4 is 5.73 Å². The zero-order valence-corrected chi connectivity index (χ0v) is 78.3. The molecule has 0 unspecified atom stereocenters. The largest absolute Gasteiger partial charge is 0.393 e. The number of hydrogen-bond acceptors (Lipinski definition) is 16. The van der Waals surface area contributed by atoms with E-state index < -0.39 is 74.3 Å². The first-order chi connectivity index (χ1) is 45.7. The van der Waals surface area contributed by atoms with Crippen molar-refractivity contribution in [1.82, 2.24) is 24.5 Å². The average molecular weight is 1670 g/mol. The van der Waals surface area contributed by atoms with Crippen LogP contribution in [-0.2, 0) is 52.0 Å².